The summed E-state index contributed by atoms with van der Waals surface area (Å²) in [5.74, 6) is 0.000733. The maximum absolute atomic E-state index is 13.4. The molecule has 0 aromatic heterocycles. The summed E-state index contributed by atoms with van der Waals surface area (Å²) in [4.78, 5) is 12.3. The molecule has 1 heterocycles. The number of nitrogens with one attached hydrogen (secondary N) is 2. The maximum atomic E-state index is 13.4. The van der Waals surface area contributed by atoms with Gasteiger partial charge in [0.1, 0.15) is 11.6 Å². The summed E-state index contributed by atoms with van der Waals surface area (Å²) in [6.45, 7) is 6.68. The van der Waals surface area contributed by atoms with E-state index in [1.54, 1.807) is 6.07 Å². The normalized spacial score (nSPS) is 22.1. The molecule has 1 saturated heterocycles. The monoisotopic (exact) mass is 294 g/mol. The van der Waals surface area contributed by atoms with E-state index < -0.39 is 0 Å². The zero-order valence-electron chi connectivity index (χ0n) is 12.8. The van der Waals surface area contributed by atoms with Gasteiger partial charge in [-0.1, -0.05) is 0 Å². The van der Waals surface area contributed by atoms with Crippen molar-refractivity contribution >= 4 is 11.6 Å². The van der Waals surface area contributed by atoms with Gasteiger partial charge in [-0.2, -0.15) is 0 Å². The van der Waals surface area contributed by atoms with Crippen molar-refractivity contribution in [3.8, 4) is 5.75 Å². The molecule has 1 aromatic carbocycles. The molecule has 1 aliphatic rings. The number of carbonyl (C=O) groups is 1. The minimum atomic E-state index is -0.389. The number of carbonyl (C=O) groups excluding carboxylic acids is 1. The van der Waals surface area contributed by atoms with E-state index in [0.717, 1.165) is 19.4 Å². The third-order valence-electron chi connectivity index (χ3n) is 3.56. The summed E-state index contributed by atoms with van der Waals surface area (Å²) in [5, 5.41) is 6.13. The molecule has 1 fully saturated rings. The first-order valence-corrected chi connectivity index (χ1v) is 7.46. The fourth-order valence-electron chi connectivity index (χ4n) is 2.56. The van der Waals surface area contributed by atoms with E-state index in [1.165, 1.54) is 12.1 Å². The zero-order valence-corrected chi connectivity index (χ0v) is 12.8. The molecule has 21 heavy (non-hydrogen) atoms. The van der Waals surface area contributed by atoms with Crippen LogP contribution in [0.2, 0.25) is 0 Å². The molecule has 2 atom stereocenters. The molecule has 4 nitrogen and oxygen atoms in total. The number of hydrogen-bond donors (Lipinski definition) is 2. The Morgan fingerprint density at radius 3 is 2.90 bits per heavy atom. The van der Waals surface area contributed by atoms with Gasteiger partial charge in [0.15, 0.2) is 0 Å². The fraction of sp³-hybridized carbons (Fsp3) is 0.562. The minimum Gasteiger partial charge on any atom is -0.489 e. The van der Waals surface area contributed by atoms with Crippen LogP contribution in [0.3, 0.4) is 0 Å². The van der Waals surface area contributed by atoms with E-state index in [1.807, 2.05) is 13.8 Å². The van der Waals surface area contributed by atoms with Gasteiger partial charge in [0.05, 0.1) is 11.8 Å². The van der Waals surface area contributed by atoms with Crippen LogP contribution in [0.25, 0.3) is 0 Å². The Labute approximate surface area is 125 Å². The Bertz CT molecular complexity index is 505. The predicted molar refractivity (Wildman–Crippen MR) is 81.0 cm³/mol. The quantitative estimate of drug-likeness (QED) is 0.897. The van der Waals surface area contributed by atoms with Crippen LogP contribution in [0, 0.1) is 11.7 Å². The van der Waals surface area contributed by atoms with Crippen molar-refractivity contribution in [2.45, 2.75) is 45.8 Å². The van der Waals surface area contributed by atoms with Crippen LogP contribution in [0.1, 0.15) is 33.6 Å². The van der Waals surface area contributed by atoms with Gasteiger partial charge in [-0.25, -0.2) is 4.39 Å². The van der Waals surface area contributed by atoms with Gasteiger partial charge >= 0.3 is 0 Å². The molecule has 1 aliphatic heterocycles. The molecule has 116 valence electrons. The largest absolute Gasteiger partial charge is 0.489 e. The first kappa shape index (κ1) is 15.8. The third-order valence-corrected chi connectivity index (χ3v) is 3.56. The number of amides is 1. The topological polar surface area (TPSA) is 50.4 Å². The maximum Gasteiger partial charge on any atom is 0.227 e. The van der Waals surface area contributed by atoms with Crippen LogP contribution in [0.15, 0.2) is 18.2 Å². The molecular formula is C16H23FN2O2. The van der Waals surface area contributed by atoms with Gasteiger partial charge in [0.2, 0.25) is 5.91 Å². The van der Waals surface area contributed by atoms with E-state index in [4.69, 9.17) is 4.74 Å². The summed E-state index contributed by atoms with van der Waals surface area (Å²) < 4.78 is 19.0. The first-order valence-electron chi connectivity index (χ1n) is 7.46. The Hall–Kier alpha value is -1.62. The summed E-state index contributed by atoms with van der Waals surface area (Å²) in [7, 11) is 0. The molecule has 0 spiro atoms. The summed E-state index contributed by atoms with van der Waals surface area (Å²) in [6, 6.07) is 4.52. The lowest BCUT2D eigenvalue weighted by molar-refractivity contribution is -0.120. The van der Waals surface area contributed by atoms with Crippen molar-refractivity contribution in [3.05, 3.63) is 24.0 Å². The lowest BCUT2D eigenvalue weighted by Gasteiger charge is -2.27. The van der Waals surface area contributed by atoms with Gasteiger partial charge < -0.3 is 15.4 Å². The highest BCUT2D eigenvalue weighted by atomic mass is 19.1. The SMILES string of the molecule is CC(C)Oc1ccc(F)cc1NC(=O)[C@H]1CCN[C@@H](C)C1. The lowest BCUT2D eigenvalue weighted by Crippen LogP contribution is -2.40. The van der Waals surface area contributed by atoms with Crippen molar-refractivity contribution in [2.24, 2.45) is 5.92 Å². The molecule has 0 unspecified atom stereocenters. The average molecular weight is 294 g/mol. The number of rotatable bonds is 4. The minimum absolute atomic E-state index is 0.0370. The highest BCUT2D eigenvalue weighted by Crippen LogP contribution is 2.28. The van der Waals surface area contributed by atoms with Crippen molar-refractivity contribution in [2.75, 3.05) is 11.9 Å². The van der Waals surface area contributed by atoms with Crippen molar-refractivity contribution in [1.29, 1.82) is 0 Å². The van der Waals surface area contributed by atoms with Gasteiger partial charge in [-0.3, -0.25) is 4.79 Å². The number of ether oxygens (including phenoxy) is 1. The van der Waals surface area contributed by atoms with Crippen LogP contribution < -0.4 is 15.4 Å². The van der Waals surface area contributed by atoms with Crippen LogP contribution in [-0.2, 0) is 4.79 Å². The number of halogens is 1. The number of piperidine rings is 1. The highest BCUT2D eigenvalue weighted by molar-refractivity contribution is 5.94. The van der Waals surface area contributed by atoms with Crippen LogP contribution in [0.5, 0.6) is 5.75 Å². The summed E-state index contributed by atoms with van der Waals surface area (Å²) in [6.07, 6.45) is 1.55. The van der Waals surface area contributed by atoms with Crippen LogP contribution in [-0.4, -0.2) is 24.6 Å². The van der Waals surface area contributed by atoms with Crippen LogP contribution >= 0.6 is 0 Å². The molecule has 0 radical (unpaired) electrons. The molecule has 1 aromatic rings. The van der Waals surface area contributed by atoms with Crippen molar-refractivity contribution in [1.82, 2.24) is 5.32 Å². The predicted octanol–water partition coefficient (Wildman–Crippen LogP) is 2.94. The van der Waals surface area contributed by atoms with E-state index in [-0.39, 0.29) is 23.7 Å². The molecule has 1 amide bonds. The molecule has 0 aliphatic carbocycles. The lowest BCUT2D eigenvalue weighted by atomic mass is 9.92. The fourth-order valence-corrected chi connectivity index (χ4v) is 2.56. The van der Waals surface area contributed by atoms with E-state index >= 15 is 0 Å². The summed E-state index contributed by atoms with van der Waals surface area (Å²) in [5.41, 5.74) is 0.403. The Morgan fingerprint density at radius 2 is 2.24 bits per heavy atom. The molecular weight excluding hydrogens is 271 g/mol. The third kappa shape index (κ3) is 4.43. The van der Waals surface area contributed by atoms with Gasteiger partial charge in [-0.05, 0) is 52.3 Å². The van der Waals surface area contributed by atoms with E-state index in [9.17, 15) is 9.18 Å². The number of benzene rings is 1. The standard InChI is InChI=1S/C16H23FN2O2/c1-10(2)21-15-5-4-13(17)9-14(15)19-16(20)12-6-7-18-11(3)8-12/h4-5,9-12,18H,6-8H2,1-3H3,(H,19,20)/t11-,12-/m0/s1. The Kier molecular flexibility index (Phi) is 5.17. The van der Waals surface area contributed by atoms with E-state index in [2.05, 4.69) is 17.6 Å². The van der Waals surface area contributed by atoms with Gasteiger partial charge in [-0.15, -0.1) is 0 Å². The molecule has 5 heteroatoms. The molecule has 2 N–H and O–H groups in total. The second kappa shape index (κ2) is 6.89. The Morgan fingerprint density at radius 1 is 1.48 bits per heavy atom. The summed E-state index contributed by atoms with van der Waals surface area (Å²) >= 11 is 0. The van der Waals surface area contributed by atoms with E-state index in [0.29, 0.717) is 17.5 Å². The van der Waals surface area contributed by atoms with Crippen LogP contribution in [0.4, 0.5) is 10.1 Å². The second-order valence-corrected chi connectivity index (χ2v) is 5.87. The van der Waals surface area contributed by atoms with Crippen molar-refractivity contribution < 1.29 is 13.9 Å². The molecule has 2 rings (SSSR count). The average Bonchev–Trinajstić information content (AvgIpc) is 2.41. The van der Waals surface area contributed by atoms with Gasteiger partial charge in [0.25, 0.3) is 0 Å². The number of hydrogen-bond acceptors (Lipinski definition) is 3. The molecule has 0 saturated carbocycles. The number of anilines is 1. The second-order valence-electron chi connectivity index (χ2n) is 5.87. The van der Waals surface area contributed by atoms with Crippen molar-refractivity contribution in [3.63, 3.8) is 0 Å². The molecule has 0 bridgehead atoms. The van der Waals surface area contributed by atoms with Gasteiger partial charge in [0, 0.05) is 18.0 Å². The Balaban J connectivity index is 2.10. The highest BCUT2D eigenvalue weighted by Gasteiger charge is 2.25. The first-order chi connectivity index (χ1) is 9.95. The smallest absolute Gasteiger partial charge is 0.227 e. The zero-order chi connectivity index (χ0) is 15.4.